The predicted molar refractivity (Wildman–Crippen MR) is 97.5 cm³/mol. The lowest BCUT2D eigenvalue weighted by Gasteiger charge is -2.15. The molecule has 0 fully saturated rings. The Morgan fingerprint density at radius 3 is 2.67 bits per heavy atom. The zero-order valence-corrected chi connectivity index (χ0v) is 15.6. The lowest BCUT2D eigenvalue weighted by Crippen LogP contribution is -2.17. The summed E-state index contributed by atoms with van der Waals surface area (Å²) in [5.74, 6) is 0.797. The van der Waals surface area contributed by atoms with Crippen molar-refractivity contribution in [1.29, 1.82) is 0 Å². The number of nitrogens with one attached hydrogen (secondary N) is 1. The van der Waals surface area contributed by atoms with Crippen LogP contribution in [0.25, 0.3) is 0 Å². The van der Waals surface area contributed by atoms with Crippen molar-refractivity contribution in [3.05, 3.63) is 57.8 Å². The summed E-state index contributed by atoms with van der Waals surface area (Å²) >= 11 is 3.46. The van der Waals surface area contributed by atoms with E-state index < -0.39 is 0 Å². The number of hydrogen-bond acceptors (Lipinski definition) is 4. The first-order valence-electron chi connectivity index (χ1n) is 7.20. The van der Waals surface area contributed by atoms with E-state index in [4.69, 9.17) is 14.6 Å². The van der Waals surface area contributed by atoms with Crippen molar-refractivity contribution in [2.75, 3.05) is 20.3 Å². The second kappa shape index (κ2) is 10.5. The Hall–Kier alpha value is -1.34. The van der Waals surface area contributed by atoms with Gasteiger partial charge in [0.2, 0.25) is 0 Å². The van der Waals surface area contributed by atoms with Gasteiger partial charge in [-0.05, 0) is 39.7 Å². The minimum Gasteiger partial charge on any atom is -0.493 e. The van der Waals surface area contributed by atoms with E-state index in [0.29, 0.717) is 30.2 Å². The summed E-state index contributed by atoms with van der Waals surface area (Å²) in [6.07, 6.45) is 0. The number of hydrogen-bond donors (Lipinski definition) is 2. The fourth-order valence-corrected chi connectivity index (χ4v) is 2.70. The van der Waals surface area contributed by atoms with Crippen molar-refractivity contribution < 1.29 is 19.0 Å². The smallest absolute Gasteiger partial charge is 0.175 e. The summed E-state index contributed by atoms with van der Waals surface area (Å²) < 4.78 is 25.5. The van der Waals surface area contributed by atoms with Crippen molar-refractivity contribution in [1.82, 2.24) is 5.32 Å². The maximum atomic E-state index is 13.7. The zero-order valence-electron chi connectivity index (χ0n) is 13.2. The van der Waals surface area contributed by atoms with Crippen LogP contribution in [0.3, 0.4) is 0 Å². The van der Waals surface area contributed by atoms with Gasteiger partial charge in [-0.1, -0.05) is 18.2 Å². The summed E-state index contributed by atoms with van der Waals surface area (Å²) in [7, 11) is 1.56. The second-order valence-electron chi connectivity index (χ2n) is 4.89. The largest absolute Gasteiger partial charge is 0.493 e. The molecular weight excluding hydrogens is 401 g/mol. The van der Waals surface area contributed by atoms with Gasteiger partial charge in [-0.2, -0.15) is 0 Å². The molecule has 0 radical (unpaired) electrons. The van der Waals surface area contributed by atoms with Gasteiger partial charge in [0.25, 0.3) is 0 Å². The average Bonchev–Trinajstić information content (AvgIpc) is 2.55. The molecule has 0 aromatic heterocycles. The summed E-state index contributed by atoms with van der Waals surface area (Å²) in [5, 5.41) is 11.9. The fourth-order valence-electron chi connectivity index (χ4n) is 2.09. The van der Waals surface area contributed by atoms with Gasteiger partial charge >= 0.3 is 0 Å². The molecule has 24 heavy (non-hydrogen) atoms. The molecule has 2 aromatic rings. The van der Waals surface area contributed by atoms with Crippen LogP contribution in [-0.2, 0) is 13.2 Å². The van der Waals surface area contributed by atoms with Crippen LogP contribution in [0.15, 0.2) is 40.9 Å². The third kappa shape index (κ3) is 5.63. The minimum absolute atomic E-state index is 0. The highest BCUT2D eigenvalue weighted by Crippen LogP contribution is 2.37. The van der Waals surface area contributed by atoms with Gasteiger partial charge in [-0.3, -0.25) is 0 Å². The van der Waals surface area contributed by atoms with E-state index in [1.807, 2.05) is 12.1 Å². The molecule has 0 amide bonds. The Bertz CT molecular complexity index is 658. The Kier molecular flexibility index (Phi) is 9.07. The molecule has 132 valence electrons. The maximum absolute atomic E-state index is 13.7. The quantitative estimate of drug-likeness (QED) is 0.640. The van der Waals surface area contributed by atoms with Crippen molar-refractivity contribution >= 4 is 28.3 Å². The van der Waals surface area contributed by atoms with E-state index in [2.05, 4.69) is 21.2 Å². The molecule has 0 saturated heterocycles. The van der Waals surface area contributed by atoms with Crippen molar-refractivity contribution in [3.8, 4) is 11.5 Å². The minimum atomic E-state index is -0.299. The normalized spacial score (nSPS) is 10.2. The Balaban J connectivity index is 0.00000288. The van der Waals surface area contributed by atoms with Gasteiger partial charge in [0, 0.05) is 18.7 Å². The standard InChI is InChI=1S/C17H19BrFNO3.ClH/c1-22-16-9-12(10-20-6-7-21)8-14(18)17(16)23-11-13-4-2-3-5-15(13)19;/h2-5,8-9,20-21H,6-7,10-11H2,1H3;1H. The van der Waals surface area contributed by atoms with Crippen LogP contribution in [0.5, 0.6) is 11.5 Å². The van der Waals surface area contributed by atoms with Gasteiger partial charge in [-0.25, -0.2) is 4.39 Å². The van der Waals surface area contributed by atoms with Gasteiger partial charge in [0.15, 0.2) is 11.5 Å². The SMILES string of the molecule is COc1cc(CNCCO)cc(Br)c1OCc1ccccc1F.Cl. The number of aliphatic hydroxyl groups excluding tert-OH is 1. The van der Waals surface area contributed by atoms with Crippen LogP contribution in [0.4, 0.5) is 4.39 Å². The molecule has 0 heterocycles. The predicted octanol–water partition coefficient (Wildman–Crippen LogP) is 3.68. The molecular formula is C17H20BrClFNO3. The first-order valence-corrected chi connectivity index (χ1v) is 7.99. The number of benzene rings is 2. The van der Waals surface area contributed by atoms with E-state index >= 15 is 0 Å². The van der Waals surface area contributed by atoms with Crippen LogP contribution in [-0.4, -0.2) is 25.4 Å². The van der Waals surface area contributed by atoms with Crippen molar-refractivity contribution in [3.63, 3.8) is 0 Å². The Morgan fingerprint density at radius 1 is 1.25 bits per heavy atom. The van der Waals surface area contributed by atoms with E-state index in [1.165, 1.54) is 6.07 Å². The van der Waals surface area contributed by atoms with Crippen LogP contribution in [0, 0.1) is 5.82 Å². The topological polar surface area (TPSA) is 50.7 Å². The van der Waals surface area contributed by atoms with E-state index in [-0.39, 0.29) is 31.4 Å². The molecule has 2 aromatic carbocycles. The van der Waals surface area contributed by atoms with E-state index in [0.717, 1.165) is 10.0 Å². The van der Waals surface area contributed by atoms with Gasteiger partial charge in [0.05, 0.1) is 18.2 Å². The van der Waals surface area contributed by atoms with Crippen LogP contribution >= 0.6 is 28.3 Å². The molecule has 0 saturated carbocycles. The second-order valence-corrected chi connectivity index (χ2v) is 5.74. The molecule has 0 aliphatic carbocycles. The molecule has 4 nitrogen and oxygen atoms in total. The van der Waals surface area contributed by atoms with Gasteiger partial charge in [-0.15, -0.1) is 12.4 Å². The molecule has 0 aliphatic rings. The maximum Gasteiger partial charge on any atom is 0.175 e. The Morgan fingerprint density at radius 2 is 2.00 bits per heavy atom. The van der Waals surface area contributed by atoms with E-state index in [1.54, 1.807) is 25.3 Å². The lowest BCUT2D eigenvalue weighted by molar-refractivity contribution is 0.277. The third-order valence-corrected chi connectivity index (χ3v) is 3.83. The molecule has 2 rings (SSSR count). The fraction of sp³-hybridized carbons (Fsp3) is 0.294. The average molecular weight is 421 g/mol. The third-order valence-electron chi connectivity index (χ3n) is 3.24. The van der Waals surface area contributed by atoms with E-state index in [9.17, 15) is 4.39 Å². The van der Waals surface area contributed by atoms with Crippen molar-refractivity contribution in [2.24, 2.45) is 0 Å². The van der Waals surface area contributed by atoms with Crippen molar-refractivity contribution in [2.45, 2.75) is 13.2 Å². The van der Waals surface area contributed by atoms with Crippen LogP contribution in [0.2, 0.25) is 0 Å². The first kappa shape index (κ1) is 20.7. The summed E-state index contributed by atoms with van der Waals surface area (Å²) in [5.41, 5.74) is 1.47. The van der Waals surface area contributed by atoms with Crippen LogP contribution < -0.4 is 14.8 Å². The Labute approximate surface area is 155 Å². The monoisotopic (exact) mass is 419 g/mol. The first-order chi connectivity index (χ1) is 11.2. The summed E-state index contributed by atoms with van der Waals surface area (Å²) in [4.78, 5) is 0. The molecule has 0 unspecified atom stereocenters. The molecule has 7 heteroatoms. The highest BCUT2D eigenvalue weighted by Gasteiger charge is 2.13. The number of ether oxygens (including phenoxy) is 2. The van der Waals surface area contributed by atoms with Gasteiger partial charge < -0.3 is 19.9 Å². The lowest BCUT2D eigenvalue weighted by atomic mass is 10.2. The van der Waals surface area contributed by atoms with Gasteiger partial charge in [0.1, 0.15) is 12.4 Å². The zero-order chi connectivity index (χ0) is 16.7. The molecule has 2 N–H and O–H groups in total. The molecule has 0 aliphatic heterocycles. The molecule has 0 atom stereocenters. The van der Waals surface area contributed by atoms with Crippen LogP contribution in [0.1, 0.15) is 11.1 Å². The summed E-state index contributed by atoms with van der Waals surface area (Å²) in [6, 6.07) is 10.3. The molecule has 0 bridgehead atoms. The molecule has 0 spiro atoms. The number of methoxy groups -OCH3 is 1. The number of halogens is 3. The summed E-state index contributed by atoms with van der Waals surface area (Å²) in [6.45, 7) is 1.32. The highest BCUT2D eigenvalue weighted by atomic mass is 79.9. The number of aliphatic hydroxyl groups is 1. The highest BCUT2D eigenvalue weighted by molar-refractivity contribution is 9.10. The number of rotatable bonds is 8.